The summed E-state index contributed by atoms with van der Waals surface area (Å²) >= 11 is 5.76. The summed E-state index contributed by atoms with van der Waals surface area (Å²) in [5, 5.41) is 6.73. The summed E-state index contributed by atoms with van der Waals surface area (Å²) in [5.74, 6) is 1.22. The highest BCUT2D eigenvalue weighted by Gasteiger charge is 2.05. The molecule has 0 unspecified atom stereocenters. The molecule has 0 atom stereocenters. The molecule has 2 aromatic carbocycles. The molecule has 1 N–H and O–H groups in total. The quantitative estimate of drug-likeness (QED) is 0.511. The summed E-state index contributed by atoms with van der Waals surface area (Å²) in [7, 11) is 3.09. The number of nitrogens with one attached hydrogen (secondary N) is 1. The maximum absolute atomic E-state index is 11.6. The first-order valence-electron chi connectivity index (χ1n) is 6.61. The van der Waals surface area contributed by atoms with Gasteiger partial charge < -0.3 is 9.47 Å². The first kappa shape index (κ1) is 16.6. The molecular weight excluding hydrogens is 320 g/mol. The average molecular weight is 335 g/mol. The number of oxime groups is 1. The molecule has 0 aromatic heterocycles. The highest BCUT2D eigenvalue weighted by molar-refractivity contribution is 6.30. The number of halogens is 1. The highest BCUT2D eigenvalue weighted by atomic mass is 35.5. The van der Waals surface area contributed by atoms with Crippen molar-refractivity contribution in [2.45, 2.75) is 0 Å². The molecule has 0 radical (unpaired) electrons. The molecule has 0 spiro atoms. The Labute approximate surface area is 138 Å². The number of amides is 1. The van der Waals surface area contributed by atoms with Crippen LogP contribution in [0, 0.1) is 0 Å². The maximum atomic E-state index is 11.6. The van der Waals surface area contributed by atoms with E-state index in [1.54, 1.807) is 49.6 Å². The largest absolute Gasteiger partial charge is 0.497 e. The van der Waals surface area contributed by atoms with Crippen LogP contribution in [-0.2, 0) is 4.84 Å². The van der Waals surface area contributed by atoms with E-state index in [0.717, 1.165) is 0 Å². The zero-order valence-electron chi connectivity index (χ0n) is 12.6. The Kier molecular flexibility index (Phi) is 5.82. The first-order chi connectivity index (χ1) is 11.1. The van der Waals surface area contributed by atoms with Crippen molar-refractivity contribution >= 4 is 29.6 Å². The summed E-state index contributed by atoms with van der Waals surface area (Å²) in [6, 6.07) is 11.8. The predicted molar refractivity (Wildman–Crippen MR) is 88.7 cm³/mol. The second-order valence-electron chi connectivity index (χ2n) is 4.35. The van der Waals surface area contributed by atoms with Gasteiger partial charge in [0.1, 0.15) is 11.5 Å². The van der Waals surface area contributed by atoms with Crippen molar-refractivity contribution in [3.05, 3.63) is 53.1 Å². The van der Waals surface area contributed by atoms with Gasteiger partial charge in [-0.15, -0.1) is 0 Å². The molecule has 2 aromatic rings. The molecule has 0 bridgehead atoms. The van der Waals surface area contributed by atoms with Crippen molar-refractivity contribution in [2.24, 2.45) is 5.16 Å². The number of carbonyl (C=O) groups is 1. The van der Waals surface area contributed by atoms with E-state index in [2.05, 4.69) is 10.5 Å². The zero-order valence-corrected chi connectivity index (χ0v) is 13.3. The lowest BCUT2D eigenvalue weighted by Crippen LogP contribution is -2.10. The fraction of sp³-hybridized carbons (Fsp3) is 0.125. The van der Waals surface area contributed by atoms with E-state index in [-0.39, 0.29) is 0 Å². The van der Waals surface area contributed by atoms with Gasteiger partial charge in [0.25, 0.3) is 0 Å². The topological polar surface area (TPSA) is 69.1 Å². The van der Waals surface area contributed by atoms with Crippen molar-refractivity contribution in [3.63, 3.8) is 0 Å². The number of carbonyl (C=O) groups excluding carboxylic acids is 1. The van der Waals surface area contributed by atoms with Gasteiger partial charge in [-0.3, -0.25) is 10.2 Å². The molecule has 7 heteroatoms. The minimum absolute atomic E-state index is 0.550. The molecule has 23 heavy (non-hydrogen) atoms. The molecule has 0 aliphatic carbocycles. The number of methoxy groups -OCH3 is 2. The Morgan fingerprint density at radius 1 is 1.13 bits per heavy atom. The maximum Gasteiger partial charge on any atom is 0.437 e. The van der Waals surface area contributed by atoms with Crippen LogP contribution in [-0.4, -0.2) is 26.5 Å². The zero-order chi connectivity index (χ0) is 16.7. The molecule has 0 saturated heterocycles. The Bertz CT molecular complexity index is 702. The number of anilines is 1. The Morgan fingerprint density at radius 3 is 2.52 bits per heavy atom. The minimum Gasteiger partial charge on any atom is -0.497 e. The van der Waals surface area contributed by atoms with Crippen molar-refractivity contribution < 1.29 is 19.1 Å². The normalized spacial score (nSPS) is 10.4. The molecule has 0 aliphatic heterocycles. The lowest BCUT2D eigenvalue weighted by atomic mass is 10.2. The van der Waals surface area contributed by atoms with Gasteiger partial charge in [0.15, 0.2) is 0 Å². The molecule has 0 aliphatic rings. The number of hydrogen-bond acceptors (Lipinski definition) is 5. The minimum atomic E-state index is -0.717. The molecule has 6 nitrogen and oxygen atoms in total. The third-order valence-electron chi connectivity index (χ3n) is 2.85. The summed E-state index contributed by atoms with van der Waals surface area (Å²) < 4.78 is 10.3. The summed E-state index contributed by atoms with van der Waals surface area (Å²) in [4.78, 5) is 16.4. The number of nitrogens with zero attached hydrogens (tertiary/aromatic N) is 1. The highest BCUT2D eigenvalue weighted by Crippen LogP contribution is 2.22. The fourth-order valence-electron chi connectivity index (χ4n) is 1.75. The van der Waals surface area contributed by atoms with Crippen LogP contribution in [0.15, 0.2) is 47.6 Å². The molecule has 120 valence electrons. The molecule has 0 heterocycles. The second-order valence-corrected chi connectivity index (χ2v) is 4.79. The van der Waals surface area contributed by atoms with Gasteiger partial charge in [0.05, 0.1) is 20.4 Å². The van der Waals surface area contributed by atoms with Crippen LogP contribution >= 0.6 is 11.6 Å². The Hall–Kier alpha value is -2.73. The molecule has 2 rings (SSSR count). The van der Waals surface area contributed by atoms with Crippen LogP contribution in [0.2, 0.25) is 5.02 Å². The Balaban J connectivity index is 1.98. The third kappa shape index (κ3) is 4.89. The van der Waals surface area contributed by atoms with E-state index in [1.807, 2.05) is 0 Å². The van der Waals surface area contributed by atoms with Crippen molar-refractivity contribution in [1.82, 2.24) is 0 Å². The van der Waals surface area contributed by atoms with E-state index in [9.17, 15) is 4.79 Å². The van der Waals surface area contributed by atoms with Crippen LogP contribution in [0.25, 0.3) is 0 Å². The SMILES string of the molecule is COc1ccc(OC)c(/C=N/OC(=O)Nc2ccc(Cl)cc2)c1. The predicted octanol–water partition coefficient (Wildman–Crippen LogP) is 3.94. The second kappa shape index (κ2) is 8.05. The third-order valence-corrected chi connectivity index (χ3v) is 3.11. The summed E-state index contributed by atoms with van der Waals surface area (Å²) in [5.41, 5.74) is 1.17. The molecule has 1 amide bonds. The molecule has 0 saturated carbocycles. The smallest absolute Gasteiger partial charge is 0.437 e. The number of benzene rings is 2. The van der Waals surface area contributed by atoms with Gasteiger partial charge in [0.2, 0.25) is 0 Å². The summed E-state index contributed by atoms with van der Waals surface area (Å²) in [6.07, 6.45) is 0.647. The van der Waals surface area contributed by atoms with Crippen LogP contribution in [0.1, 0.15) is 5.56 Å². The lowest BCUT2D eigenvalue weighted by Gasteiger charge is -2.06. The van der Waals surface area contributed by atoms with Gasteiger partial charge >= 0.3 is 6.09 Å². The van der Waals surface area contributed by atoms with Gasteiger partial charge in [-0.05, 0) is 42.5 Å². The molecule has 0 fully saturated rings. The standard InChI is InChI=1S/C16H15ClN2O4/c1-21-14-7-8-15(22-2)11(9-14)10-18-23-16(20)19-13-5-3-12(17)4-6-13/h3-10H,1-2H3,(H,19,20)/b18-10+. The van der Waals surface area contributed by atoms with Crippen LogP contribution in [0.3, 0.4) is 0 Å². The van der Waals surface area contributed by atoms with E-state index in [0.29, 0.717) is 27.8 Å². The Morgan fingerprint density at radius 2 is 1.87 bits per heavy atom. The van der Waals surface area contributed by atoms with Gasteiger partial charge in [-0.1, -0.05) is 16.8 Å². The van der Waals surface area contributed by atoms with Crippen LogP contribution < -0.4 is 14.8 Å². The van der Waals surface area contributed by atoms with Gasteiger partial charge in [0, 0.05) is 16.3 Å². The van der Waals surface area contributed by atoms with Gasteiger partial charge in [-0.25, -0.2) is 4.79 Å². The molecular formula is C16H15ClN2O4. The van der Waals surface area contributed by atoms with E-state index < -0.39 is 6.09 Å². The van der Waals surface area contributed by atoms with Crippen molar-refractivity contribution in [1.29, 1.82) is 0 Å². The lowest BCUT2D eigenvalue weighted by molar-refractivity contribution is 0.167. The number of rotatable bonds is 5. The fourth-order valence-corrected chi connectivity index (χ4v) is 1.87. The summed E-state index contributed by atoms with van der Waals surface area (Å²) in [6.45, 7) is 0. The monoisotopic (exact) mass is 334 g/mol. The number of ether oxygens (including phenoxy) is 2. The van der Waals surface area contributed by atoms with E-state index >= 15 is 0 Å². The van der Waals surface area contributed by atoms with Crippen LogP contribution in [0.4, 0.5) is 10.5 Å². The van der Waals surface area contributed by atoms with E-state index in [1.165, 1.54) is 13.3 Å². The van der Waals surface area contributed by atoms with E-state index in [4.69, 9.17) is 25.9 Å². The first-order valence-corrected chi connectivity index (χ1v) is 6.99. The van der Waals surface area contributed by atoms with Crippen LogP contribution in [0.5, 0.6) is 11.5 Å². The van der Waals surface area contributed by atoms with Gasteiger partial charge in [-0.2, -0.15) is 0 Å². The number of hydrogen-bond donors (Lipinski definition) is 1. The van der Waals surface area contributed by atoms with Crippen molar-refractivity contribution in [2.75, 3.05) is 19.5 Å². The average Bonchev–Trinajstić information content (AvgIpc) is 2.57. The van der Waals surface area contributed by atoms with Crippen molar-refractivity contribution in [3.8, 4) is 11.5 Å².